The van der Waals surface area contributed by atoms with Crippen molar-refractivity contribution in [2.45, 2.75) is 26.3 Å². The highest BCUT2D eigenvalue weighted by Crippen LogP contribution is 2.22. The first-order valence-corrected chi connectivity index (χ1v) is 6.15. The summed E-state index contributed by atoms with van der Waals surface area (Å²) in [6.07, 6.45) is 1.83. The van der Waals surface area contributed by atoms with E-state index in [2.05, 4.69) is 5.10 Å². The summed E-state index contributed by atoms with van der Waals surface area (Å²) in [4.78, 5) is 10.9. The minimum absolute atomic E-state index is 0.125. The van der Waals surface area contributed by atoms with Gasteiger partial charge in [0.2, 0.25) is 5.91 Å². The molecule has 0 saturated heterocycles. The lowest BCUT2D eigenvalue weighted by Crippen LogP contribution is -2.21. The monoisotopic (exact) mass is 258 g/mol. The molecule has 1 aromatic heterocycles. The fraction of sp³-hybridized carbons (Fsp3) is 0.286. The number of aryl methyl sites for hydroxylation is 1. The average Bonchev–Trinajstić information content (AvgIpc) is 2.71. The summed E-state index contributed by atoms with van der Waals surface area (Å²) in [7, 11) is 0. The largest absolute Gasteiger partial charge is 0.370 e. The summed E-state index contributed by atoms with van der Waals surface area (Å²) in [5, 5.41) is 4.36. The van der Waals surface area contributed by atoms with Gasteiger partial charge >= 0.3 is 0 Å². The van der Waals surface area contributed by atoms with E-state index in [1.54, 1.807) is 6.20 Å². The third-order valence-corrected chi connectivity index (χ3v) is 3.21. The maximum Gasteiger partial charge on any atom is 0.219 e. The van der Waals surface area contributed by atoms with Crippen LogP contribution in [0.2, 0.25) is 0 Å². The fourth-order valence-electron chi connectivity index (χ4n) is 2.16. The number of nitrogens with zero attached hydrogens (tertiary/aromatic N) is 2. The Morgan fingerprint density at radius 2 is 2.05 bits per heavy atom. The summed E-state index contributed by atoms with van der Waals surface area (Å²) in [6.45, 7) is 3.97. The van der Waals surface area contributed by atoms with Gasteiger partial charge in [0.05, 0.1) is 11.9 Å². The standard InChI is InChI=1S/C14H18N4O/c1-9-5-3-4-6-13(9)18-10(2)11(8-17-18)12(15)7-14(16)19/h3-6,8,12H,7,15H2,1-2H3,(H2,16,19). The number of carbonyl (C=O) groups excluding carboxylic acids is 1. The van der Waals surface area contributed by atoms with Crippen LogP contribution in [0.15, 0.2) is 30.5 Å². The first-order chi connectivity index (χ1) is 9.00. The minimum atomic E-state index is -0.407. The van der Waals surface area contributed by atoms with Crippen LogP contribution in [0.5, 0.6) is 0 Å². The molecule has 4 N–H and O–H groups in total. The van der Waals surface area contributed by atoms with Crippen molar-refractivity contribution in [3.63, 3.8) is 0 Å². The number of amides is 1. The Morgan fingerprint density at radius 3 is 2.68 bits per heavy atom. The van der Waals surface area contributed by atoms with Crippen molar-refractivity contribution in [1.82, 2.24) is 9.78 Å². The fourth-order valence-corrected chi connectivity index (χ4v) is 2.16. The van der Waals surface area contributed by atoms with Crippen molar-refractivity contribution in [2.24, 2.45) is 11.5 Å². The second-order valence-corrected chi connectivity index (χ2v) is 4.66. The highest BCUT2D eigenvalue weighted by Gasteiger charge is 2.16. The summed E-state index contributed by atoms with van der Waals surface area (Å²) in [5.74, 6) is -0.407. The molecule has 2 rings (SSSR count). The second kappa shape index (κ2) is 5.24. The van der Waals surface area contributed by atoms with Crippen LogP contribution in [0.25, 0.3) is 5.69 Å². The van der Waals surface area contributed by atoms with Crippen molar-refractivity contribution in [3.8, 4) is 5.69 Å². The van der Waals surface area contributed by atoms with Gasteiger partial charge in [-0.25, -0.2) is 4.68 Å². The molecule has 0 aliphatic carbocycles. The van der Waals surface area contributed by atoms with E-state index >= 15 is 0 Å². The Balaban J connectivity index is 2.38. The SMILES string of the molecule is Cc1ccccc1-n1ncc(C(N)CC(N)=O)c1C. The third kappa shape index (κ3) is 2.66. The number of nitrogens with two attached hydrogens (primary N) is 2. The van der Waals surface area contributed by atoms with Crippen molar-refractivity contribution in [2.75, 3.05) is 0 Å². The lowest BCUT2D eigenvalue weighted by atomic mass is 10.1. The van der Waals surface area contributed by atoms with Crippen molar-refractivity contribution >= 4 is 5.91 Å². The molecule has 1 heterocycles. The van der Waals surface area contributed by atoms with E-state index in [1.165, 1.54) is 0 Å². The number of primary amides is 1. The van der Waals surface area contributed by atoms with Gasteiger partial charge < -0.3 is 11.5 Å². The normalized spacial score (nSPS) is 12.4. The maximum absolute atomic E-state index is 10.9. The van der Waals surface area contributed by atoms with Gasteiger partial charge in [0.15, 0.2) is 0 Å². The lowest BCUT2D eigenvalue weighted by Gasteiger charge is -2.11. The highest BCUT2D eigenvalue weighted by molar-refractivity contribution is 5.74. The quantitative estimate of drug-likeness (QED) is 0.868. The number of aromatic nitrogens is 2. The van der Waals surface area contributed by atoms with Gasteiger partial charge in [-0.2, -0.15) is 5.10 Å². The Morgan fingerprint density at radius 1 is 1.37 bits per heavy atom. The molecule has 1 aromatic carbocycles. The number of hydrogen-bond acceptors (Lipinski definition) is 3. The minimum Gasteiger partial charge on any atom is -0.370 e. The van der Waals surface area contributed by atoms with Crippen LogP contribution in [0.1, 0.15) is 29.3 Å². The van der Waals surface area contributed by atoms with Gasteiger partial charge in [0.25, 0.3) is 0 Å². The van der Waals surface area contributed by atoms with Crippen LogP contribution in [0.4, 0.5) is 0 Å². The third-order valence-electron chi connectivity index (χ3n) is 3.21. The molecular formula is C14H18N4O. The molecule has 100 valence electrons. The molecule has 19 heavy (non-hydrogen) atoms. The number of benzene rings is 1. The van der Waals surface area contributed by atoms with Crippen molar-refractivity contribution in [3.05, 3.63) is 47.3 Å². The maximum atomic E-state index is 10.9. The van der Waals surface area contributed by atoms with E-state index < -0.39 is 11.9 Å². The number of rotatable bonds is 4. The molecule has 0 bridgehead atoms. The van der Waals surface area contributed by atoms with E-state index in [9.17, 15) is 4.79 Å². The van der Waals surface area contributed by atoms with Crippen LogP contribution in [0.3, 0.4) is 0 Å². The molecule has 0 fully saturated rings. The molecule has 1 unspecified atom stereocenters. The summed E-state index contributed by atoms with van der Waals surface area (Å²) in [6, 6.07) is 7.57. The summed E-state index contributed by atoms with van der Waals surface area (Å²) >= 11 is 0. The molecule has 2 aromatic rings. The van der Waals surface area contributed by atoms with Crippen LogP contribution in [0, 0.1) is 13.8 Å². The van der Waals surface area contributed by atoms with Gasteiger partial charge in [0.1, 0.15) is 0 Å². The zero-order valence-corrected chi connectivity index (χ0v) is 11.1. The molecule has 0 aliphatic heterocycles. The molecule has 0 aliphatic rings. The number of carbonyl (C=O) groups is 1. The zero-order valence-electron chi connectivity index (χ0n) is 11.1. The Hall–Kier alpha value is -2.14. The van der Waals surface area contributed by atoms with Crippen LogP contribution in [-0.4, -0.2) is 15.7 Å². The van der Waals surface area contributed by atoms with Crippen LogP contribution >= 0.6 is 0 Å². The van der Waals surface area contributed by atoms with Gasteiger partial charge in [-0.05, 0) is 25.5 Å². The topological polar surface area (TPSA) is 86.9 Å². The molecular weight excluding hydrogens is 240 g/mol. The Kier molecular flexibility index (Phi) is 3.66. The predicted octanol–water partition coefficient (Wildman–Crippen LogP) is 1.36. The number of hydrogen-bond donors (Lipinski definition) is 2. The van der Waals surface area contributed by atoms with E-state index in [1.807, 2.05) is 42.8 Å². The van der Waals surface area contributed by atoms with Crippen molar-refractivity contribution < 1.29 is 4.79 Å². The van der Waals surface area contributed by atoms with E-state index in [-0.39, 0.29) is 6.42 Å². The van der Waals surface area contributed by atoms with Crippen molar-refractivity contribution in [1.29, 1.82) is 0 Å². The van der Waals surface area contributed by atoms with Crippen LogP contribution < -0.4 is 11.5 Å². The Bertz CT molecular complexity index is 603. The second-order valence-electron chi connectivity index (χ2n) is 4.66. The summed E-state index contributed by atoms with van der Waals surface area (Å²) in [5.41, 5.74) is 15.1. The van der Waals surface area contributed by atoms with Crippen LogP contribution in [-0.2, 0) is 4.79 Å². The van der Waals surface area contributed by atoms with E-state index in [0.717, 1.165) is 22.5 Å². The van der Waals surface area contributed by atoms with E-state index in [4.69, 9.17) is 11.5 Å². The predicted molar refractivity (Wildman–Crippen MR) is 73.8 cm³/mol. The molecule has 5 nitrogen and oxygen atoms in total. The van der Waals surface area contributed by atoms with Gasteiger partial charge in [-0.3, -0.25) is 4.79 Å². The van der Waals surface area contributed by atoms with Gasteiger partial charge in [0, 0.05) is 23.7 Å². The first kappa shape index (κ1) is 13.3. The molecule has 1 atom stereocenters. The lowest BCUT2D eigenvalue weighted by molar-refractivity contribution is -0.118. The highest BCUT2D eigenvalue weighted by atomic mass is 16.1. The van der Waals surface area contributed by atoms with E-state index in [0.29, 0.717) is 0 Å². The van der Waals surface area contributed by atoms with Gasteiger partial charge in [-0.1, -0.05) is 18.2 Å². The smallest absolute Gasteiger partial charge is 0.219 e. The molecule has 0 spiro atoms. The zero-order chi connectivity index (χ0) is 14.0. The molecule has 0 radical (unpaired) electrons. The van der Waals surface area contributed by atoms with Gasteiger partial charge in [-0.15, -0.1) is 0 Å². The summed E-state index contributed by atoms with van der Waals surface area (Å²) < 4.78 is 1.84. The first-order valence-electron chi connectivity index (χ1n) is 6.15. The molecule has 0 saturated carbocycles. The Labute approximate surface area is 112 Å². The average molecular weight is 258 g/mol. The molecule has 5 heteroatoms. The molecule has 1 amide bonds. The number of para-hydroxylation sites is 1.